The summed E-state index contributed by atoms with van der Waals surface area (Å²) in [7, 11) is 6.68. The Morgan fingerprint density at radius 2 is 1.40 bits per heavy atom. The normalized spacial score (nSPS) is 10.8. The van der Waals surface area contributed by atoms with Gasteiger partial charge in [0.2, 0.25) is 0 Å². The zero-order valence-electron chi connectivity index (χ0n) is 29.0. The smallest absolute Gasteiger partial charge is 0.339 e. The van der Waals surface area contributed by atoms with E-state index in [1.165, 1.54) is 7.11 Å². The summed E-state index contributed by atoms with van der Waals surface area (Å²) < 4.78 is 15.5. The SMILES string of the molecule is COc1cc(C)c(-c2cnn(C)c2)cc1C(=O)Nc1cccc(-n2nnnc2C(C)C)n1.COc1cc(C)c(-c2cnn(C)c2)cc1C(=O)O. The lowest BCUT2D eigenvalue weighted by atomic mass is 9.99. The van der Waals surface area contributed by atoms with Crippen LogP contribution in [-0.2, 0) is 14.1 Å². The number of rotatable bonds is 9. The number of methoxy groups -OCH3 is 2. The molecule has 6 rings (SSSR count). The first kappa shape index (κ1) is 34.9. The molecule has 0 aliphatic carbocycles. The molecule has 50 heavy (non-hydrogen) atoms. The number of aryl methyl sites for hydroxylation is 4. The number of amides is 1. The molecule has 0 aliphatic rings. The largest absolute Gasteiger partial charge is 0.496 e. The van der Waals surface area contributed by atoms with Crippen molar-refractivity contribution < 1.29 is 24.2 Å². The summed E-state index contributed by atoms with van der Waals surface area (Å²) in [6, 6.07) is 12.3. The van der Waals surface area contributed by atoms with E-state index in [4.69, 9.17) is 14.6 Å². The van der Waals surface area contributed by atoms with E-state index in [0.717, 1.165) is 33.4 Å². The van der Waals surface area contributed by atoms with Crippen molar-refractivity contribution in [2.75, 3.05) is 19.5 Å². The molecular weight excluding hydrogens is 640 g/mol. The molecule has 0 atom stereocenters. The van der Waals surface area contributed by atoms with Crippen molar-refractivity contribution >= 4 is 17.7 Å². The monoisotopic (exact) mass is 678 g/mol. The molecule has 0 aliphatic heterocycles. The summed E-state index contributed by atoms with van der Waals surface area (Å²) in [4.78, 5) is 28.9. The van der Waals surface area contributed by atoms with Gasteiger partial charge < -0.3 is 19.9 Å². The summed E-state index contributed by atoms with van der Waals surface area (Å²) in [5, 5.41) is 32.2. The molecule has 0 bridgehead atoms. The lowest BCUT2D eigenvalue weighted by Crippen LogP contribution is -2.16. The summed E-state index contributed by atoms with van der Waals surface area (Å²) in [6.45, 7) is 7.88. The highest BCUT2D eigenvalue weighted by atomic mass is 16.5. The van der Waals surface area contributed by atoms with Crippen molar-refractivity contribution in [3.63, 3.8) is 0 Å². The molecule has 0 saturated heterocycles. The zero-order chi connectivity index (χ0) is 36.1. The molecule has 6 aromatic rings. The van der Waals surface area contributed by atoms with Gasteiger partial charge in [0.25, 0.3) is 5.91 Å². The average molecular weight is 679 g/mol. The molecule has 2 N–H and O–H groups in total. The van der Waals surface area contributed by atoms with Gasteiger partial charge in [-0.15, -0.1) is 5.10 Å². The average Bonchev–Trinajstić information content (AvgIpc) is 3.86. The van der Waals surface area contributed by atoms with Gasteiger partial charge in [-0.2, -0.15) is 14.9 Å². The number of carboxylic acids is 1. The zero-order valence-corrected chi connectivity index (χ0v) is 29.0. The highest BCUT2D eigenvalue weighted by Crippen LogP contribution is 2.32. The number of ether oxygens (including phenoxy) is 2. The second-order valence-corrected chi connectivity index (χ2v) is 11.8. The molecule has 4 aromatic heterocycles. The lowest BCUT2D eigenvalue weighted by Gasteiger charge is -2.13. The van der Waals surface area contributed by atoms with Crippen LogP contribution < -0.4 is 14.8 Å². The Morgan fingerprint density at radius 1 is 0.840 bits per heavy atom. The van der Waals surface area contributed by atoms with Crippen LogP contribution in [0.3, 0.4) is 0 Å². The van der Waals surface area contributed by atoms with Crippen LogP contribution in [0.2, 0.25) is 0 Å². The van der Waals surface area contributed by atoms with Crippen molar-refractivity contribution in [1.82, 2.24) is 44.8 Å². The first-order valence-electron chi connectivity index (χ1n) is 15.6. The number of aromatic nitrogens is 9. The second-order valence-electron chi connectivity index (χ2n) is 11.8. The van der Waals surface area contributed by atoms with E-state index in [2.05, 4.69) is 36.0 Å². The van der Waals surface area contributed by atoms with E-state index < -0.39 is 5.97 Å². The number of carbonyl (C=O) groups is 2. The molecule has 4 heterocycles. The third-order valence-corrected chi connectivity index (χ3v) is 7.80. The van der Waals surface area contributed by atoms with Crippen molar-refractivity contribution in [2.24, 2.45) is 14.1 Å². The molecule has 0 saturated carbocycles. The predicted molar refractivity (Wildman–Crippen MR) is 186 cm³/mol. The maximum Gasteiger partial charge on any atom is 0.339 e. The summed E-state index contributed by atoms with van der Waals surface area (Å²) in [6.07, 6.45) is 7.22. The van der Waals surface area contributed by atoms with Gasteiger partial charge in [0, 0.05) is 43.5 Å². The molecule has 0 spiro atoms. The van der Waals surface area contributed by atoms with Gasteiger partial charge in [-0.05, 0) is 82.9 Å². The molecule has 15 heteroatoms. The molecule has 2 aromatic carbocycles. The number of anilines is 1. The first-order chi connectivity index (χ1) is 23.9. The number of hydrogen-bond donors (Lipinski definition) is 2. The number of aromatic carboxylic acids is 1. The van der Waals surface area contributed by atoms with Gasteiger partial charge in [0.05, 0.1) is 32.2 Å². The van der Waals surface area contributed by atoms with Crippen LogP contribution in [0.25, 0.3) is 28.1 Å². The van der Waals surface area contributed by atoms with Gasteiger partial charge in [0.15, 0.2) is 11.6 Å². The third kappa shape index (κ3) is 7.51. The number of pyridine rings is 1. The second kappa shape index (κ2) is 14.8. The van der Waals surface area contributed by atoms with Crippen LogP contribution in [0.4, 0.5) is 5.82 Å². The maximum absolute atomic E-state index is 13.2. The van der Waals surface area contributed by atoms with Crippen molar-refractivity contribution in [3.8, 4) is 39.6 Å². The summed E-state index contributed by atoms with van der Waals surface area (Å²) >= 11 is 0. The van der Waals surface area contributed by atoms with E-state index in [0.29, 0.717) is 34.5 Å². The minimum Gasteiger partial charge on any atom is -0.496 e. The fraction of sp³-hybridized carbons (Fsp3) is 0.257. The Kier molecular flexibility index (Phi) is 10.3. The summed E-state index contributed by atoms with van der Waals surface area (Å²) in [5.41, 5.74) is 6.04. The number of hydrogen-bond acceptors (Lipinski definition) is 10. The van der Waals surface area contributed by atoms with E-state index >= 15 is 0 Å². The Hall–Kier alpha value is -6.38. The van der Waals surface area contributed by atoms with E-state index in [9.17, 15) is 9.59 Å². The summed E-state index contributed by atoms with van der Waals surface area (Å²) in [5.74, 6) is 1.20. The van der Waals surface area contributed by atoms with Crippen LogP contribution in [0.1, 0.15) is 57.4 Å². The van der Waals surface area contributed by atoms with Crippen molar-refractivity contribution in [3.05, 3.63) is 95.3 Å². The third-order valence-electron chi connectivity index (χ3n) is 7.80. The van der Waals surface area contributed by atoms with Gasteiger partial charge in [-0.1, -0.05) is 19.9 Å². The number of nitrogens with one attached hydrogen (secondary N) is 1. The van der Waals surface area contributed by atoms with Crippen molar-refractivity contribution in [1.29, 1.82) is 0 Å². The van der Waals surface area contributed by atoms with E-state index in [1.807, 2.05) is 66.3 Å². The van der Waals surface area contributed by atoms with Crippen LogP contribution in [-0.4, -0.2) is 76.0 Å². The Bertz CT molecular complexity index is 2160. The topological polar surface area (TPSA) is 177 Å². The fourth-order valence-corrected chi connectivity index (χ4v) is 5.30. The standard InChI is InChI=1S/C22H24N8O2.C13H14N2O3/c1-13(2)21-26-27-28-30(21)20-8-6-7-19(24-20)25-22(31)17-10-16(14(3)9-18(17)32-5)15-11-23-29(4)12-15;1-8-4-12(18-3)11(13(16)17)5-10(8)9-6-14-15(2)7-9/h6-13H,1-5H3,(H,24,25,31);4-7H,1-3H3,(H,16,17). The minimum atomic E-state index is -1.00. The number of benzene rings is 2. The van der Waals surface area contributed by atoms with Gasteiger partial charge >= 0.3 is 5.97 Å². The minimum absolute atomic E-state index is 0.118. The van der Waals surface area contributed by atoms with E-state index in [1.54, 1.807) is 63.9 Å². The Morgan fingerprint density at radius 3 is 1.90 bits per heavy atom. The van der Waals surface area contributed by atoms with Gasteiger partial charge in [0.1, 0.15) is 22.9 Å². The van der Waals surface area contributed by atoms with Crippen LogP contribution in [0, 0.1) is 13.8 Å². The molecule has 1 amide bonds. The van der Waals surface area contributed by atoms with Crippen LogP contribution >= 0.6 is 0 Å². The number of carbonyl (C=O) groups excluding carboxylic acids is 1. The quantitative estimate of drug-likeness (QED) is 0.204. The fourth-order valence-electron chi connectivity index (χ4n) is 5.30. The van der Waals surface area contributed by atoms with Gasteiger partial charge in [-0.25, -0.2) is 9.78 Å². The lowest BCUT2D eigenvalue weighted by molar-refractivity contribution is 0.0693. The van der Waals surface area contributed by atoms with Crippen LogP contribution in [0.5, 0.6) is 11.5 Å². The Balaban J connectivity index is 0.000000228. The Labute approximate surface area is 288 Å². The maximum atomic E-state index is 13.2. The molecule has 0 fully saturated rings. The molecule has 15 nitrogen and oxygen atoms in total. The van der Waals surface area contributed by atoms with Crippen molar-refractivity contribution in [2.45, 2.75) is 33.6 Å². The van der Waals surface area contributed by atoms with Crippen LogP contribution in [0.15, 0.2) is 67.3 Å². The number of nitrogens with zero attached hydrogens (tertiary/aromatic N) is 9. The number of carboxylic acid groups (broad SMARTS) is 1. The highest BCUT2D eigenvalue weighted by Gasteiger charge is 2.19. The molecule has 0 radical (unpaired) electrons. The van der Waals surface area contributed by atoms with Gasteiger partial charge in [-0.3, -0.25) is 14.2 Å². The number of tetrazole rings is 1. The predicted octanol–water partition coefficient (Wildman–Crippen LogP) is 5.25. The highest BCUT2D eigenvalue weighted by molar-refractivity contribution is 6.06. The molecule has 0 unspecified atom stereocenters. The molecule has 258 valence electrons. The van der Waals surface area contributed by atoms with E-state index in [-0.39, 0.29) is 17.4 Å². The molecular formula is C35H38N10O5. The first-order valence-corrected chi connectivity index (χ1v) is 15.6.